The van der Waals surface area contributed by atoms with Crippen molar-refractivity contribution in [2.24, 2.45) is 0 Å². The average Bonchev–Trinajstić information content (AvgIpc) is 2.91. The zero-order valence-electron chi connectivity index (χ0n) is 15.3. The van der Waals surface area contributed by atoms with Crippen molar-refractivity contribution in [3.8, 4) is 0 Å². The van der Waals surface area contributed by atoms with Crippen LogP contribution in [0, 0.1) is 0 Å². The van der Waals surface area contributed by atoms with Crippen molar-refractivity contribution in [1.82, 2.24) is 10.2 Å². The summed E-state index contributed by atoms with van der Waals surface area (Å²) in [7, 11) is 0. The number of carbonyl (C=O) groups excluding carboxylic acids is 2. The predicted molar refractivity (Wildman–Crippen MR) is 104 cm³/mol. The van der Waals surface area contributed by atoms with Gasteiger partial charge < -0.3 is 4.90 Å². The number of thioether (sulfide) groups is 1. The molecule has 2 saturated heterocycles. The molecule has 2 aliphatic rings. The zero-order chi connectivity index (χ0) is 20.6. The van der Waals surface area contributed by atoms with Gasteiger partial charge in [0.2, 0.25) is 0 Å². The topological polar surface area (TPSA) is 52.6 Å². The molecule has 5 nitrogen and oxygen atoms in total. The van der Waals surface area contributed by atoms with Crippen LogP contribution in [0.1, 0.15) is 25.0 Å². The van der Waals surface area contributed by atoms with Crippen molar-refractivity contribution in [3.63, 3.8) is 0 Å². The van der Waals surface area contributed by atoms with Gasteiger partial charge in [0, 0.05) is 37.8 Å². The van der Waals surface area contributed by atoms with Gasteiger partial charge in [0.05, 0.1) is 21.2 Å². The van der Waals surface area contributed by atoms with Crippen LogP contribution in [0.25, 0.3) is 6.08 Å². The van der Waals surface area contributed by atoms with E-state index in [4.69, 9.17) is 11.6 Å². The van der Waals surface area contributed by atoms with Crippen molar-refractivity contribution in [3.05, 3.63) is 33.2 Å². The fourth-order valence-electron chi connectivity index (χ4n) is 3.25. The molecule has 0 unspecified atom stereocenters. The van der Waals surface area contributed by atoms with Gasteiger partial charge in [-0.25, -0.2) is 0 Å². The zero-order valence-corrected chi connectivity index (χ0v) is 16.8. The molecule has 3 rings (SSSR count). The smallest absolute Gasteiger partial charge is 0.367 e. The van der Waals surface area contributed by atoms with Gasteiger partial charge in [-0.15, -0.1) is 0 Å². The highest BCUT2D eigenvalue weighted by Gasteiger charge is 2.34. The van der Waals surface area contributed by atoms with E-state index in [-0.39, 0.29) is 15.5 Å². The SMILES string of the molecule is CC(C)N1CCN(c2c(Cl)cc(C(F)(F)F)cc2C=C2SC(=O)NC2=O)CC1. The number of amides is 2. The molecule has 0 bridgehead atoms. The van der Waals surface area contributed by atoms with E-state index < -0.39 is 22.9 Å². The van der Waals surface area contributed by atoms with E-state index in [1.165, 1.54) is 6.08 Å². The van der Waals surface area contributed by atoms with E-state index in [2.05, 4.69) is 24.1 Å². The normalized spacial score (nSPS) is 20.4. The molecule has 152 valence electrons. The third-order valence-electron chi connectivity index (χ3n) is 4.71. The molecule has 2 amide bonds. The fourth-order valence-corrected chi connectivity index (χ4v) is 4.27. The number of anilines is 1. The number of carbonyl (C=O) groups is 2. The lowest BCUT2D eigenvalue weighted by molar-refractivity contribution is -0.137. The summed E-state index contributed by atoms with van der Waals surface area (Å²) < 4.78 is 39.8. The van der Waals surface area contributed by atoms with E-state index in [9.17, 15) is 22.8 Å². The first-order valence-corrected chi connectivity index (χ1v) is 9.90. The molecule has 0 aliphatic carbocycles. The summed E-state index contributed by atoms with van der Waals surface area (Å²) >= 11 is 6.92. The van der Waals surface area contributed by atoms with Crippen molar-refractivity contribution < 1.29 is 22.8 Å². The summed E-state index contributed by atoms with van der Waals surface area (Å²) in [5, 5.41) is 1.52. The fraction of sp³-hybridized carbons (Fsp3) is 0.444. The maximum absolute atomic E-state index is 13.3. The molecule has 0 aromatic heterocycles. The summed E-state index contributed by atoms with van der Waals surface area (Å²) in [6, 6.07) is 2.25. The molecule has 1 aromatic rings. The Morgan fingerprint density at radius 1 is 1.18 bits per heavy atom. The summed E-state index contributed by atoms with van der Waals surface area (Å²) in [6.07, 6.45) is -3.27. The average molecular weight is 434 g/mol. The van der Waals surface area contributed by atoms with Gasteiger partial charge in [-0.05, 0) is 43.8 Å². The number of hydrogen-bond donors (Lipinski definition) is 1. The number of rotatable bonds is 3. The van der Waals surface area contributed by atoms with Crippen LogP contribution in [-0.2, 0) is 11.0 Å². The second-order valence-corrected chi connectivity index (χ2v) is 8.28. The Kier molecular flexibility index (Phi) is 5.97. The summed E-state index contributed by atoms with van der Waals surface area (Å²) in [6.45, 7) is 6.86. The number of hydrogen-bond acceptors (Lipinski definition) is 5. The molecule has 0 atom stereocenters. The van der Waals surface area contributed by atoms with E-state index in [1.54, 1.807) is 0 Å². The van der Waals surface area contributed by atoms with Gasteiger partial charge in [-0.2, -0.15) is 13.2 Å². The summed E-state index contributed by atoms with van der Waals surface area (Å²) in [4.78, 5) is 27.5. The van der Waals surface area contributed by atoms with Crippen LogP contribution in [0.4, 0.5) is 23.7 Å². The number of nitrogens with one attached hydrogen (secondary N) is 1. The highest BCUT2D eigenvalue weighted by atomic mass is 35.5. The molecular formula is C18H19ClF3N3O2S. The second-order valence-electron chi connectivity index (χ2n) is 6.86. The van der Waals surface area contributed by atoms with Crippen LogP contribution in [0.15, 0.2) is 17.0 Å². The van der Waals surface area contributed by atoms with Crippen molar-refractivity contribution >= 4 is 46.3 Å². The Morgan fingerprint density at radius 3 is 2.32 bits per heavy atom. The third-order valence-corrected chi connectivity index (χ3v) is 5.81. The van der Waals surface area contributed by atoms with Crippen LogP contribution >= 0.6 is 23.4 Å². The van der Waals surface area contributed by atoms with Crippen molar-refractivity contribution in [1.29, 1.82) is 0 Å². The van der Waals surface area contributed by atoms with Crippen LogP contribution in [0.5, 0.6) is 0 Å². The molecule has 28 heavy (non-hydrogen) atoms. The first-order chi connectivity index (χ1) is 13.1. The van der Waals surface area contributed by atoms with Crippen LogP contribution in [0.2, 0.25) is 5.02 Å². The van der Waals surface area contributed by atoms with Crippen LogP contribution in [-0.4, -0.2) is 48.3 Å². The standard InChI is InChI=1S/C18H19ClF3N3O2S/c1-10(2)24-3-5-25(6-4-24)15-11(8-14-16(26)23-17(27)28-14)7-12(9-13(15)19)18(20,21)22/h7-10H,3-6H2,1-2H3,(H,23,26,27). The van der Waals surface area contributed by atoms with Gasteiger partial charge in [0.25, 0.3) is 11.1 Å². The lowest BCUT2D eigenvalue weighted by Crippen LogP contribution is -2.49. The predicted octanol–water partition coefficient (Wildman–Crippen LogP) is 4.21. The summed E-state index contributed by atoms with van der Waals surface area (Å²) in [5.74, 6) is -0.626. The van der Waals surface area contributed by atoms with Crippen molar-refractivity contribution in [2.45, 2.75) is 26.1 Å². The Hall–Kier alpha value is -1.71. The molecule has 2 fully saturated rings. The largest absolute Gasteiger partial charge is 0.416 e. The molecule has 1 N–H and O–H groups in total. The van der Waals surface area contributed by atoms with Gasteiger partial charge >= 0.3 is 6.18 Å². The molecule has 2 aliphatic heterocycles. The maximum Gasteiger partial charge on any atom is 0.416 e. The highest BCUT2D eigenvalue weighted by Crippen LogP contribution is 2.40. The van der Waals surface area contributed by atoms with Gasteiger partial charge in [0.15, 0.2) is 0 Å². The Bertz CT molecular complexity index is 834. The Morgan fingerprint density at radius 2 is 1.82 bits per heavy atom. The van der Waals surface area contributed by atoms with Crippen LogP contribution < -0.4 is 10.2 Å². The number of nitrogens with zero attached hydrogens (tertiary/aromatic N) is 2. The van der Waals surface area contributed by atoms with E-state index in [0.29, 0.717) is 36.6 Å². The van der Waals surface area contributed by atoms with Crippen molar-refractivity contribution in [2.75, 3.05) is 31.1 Å². The molecule has 0 radical (unpaired) electrons. The molecule has 2 heterocycles. The number of alkyl halides is 3. The number of imide groups is 1. The minimum Gasteiger partial charge on any atom is -0.367 e. The van der Waals surface area contributed by atoms with E-state index >= 15 is 0 Å². The molecule has 1 aromatic carbocycles. The second kappa shape index (κ2) is 7.96. The summed E-state index contributed by atoms with van der Waals surface area (Å²) in [5.41, 5.74) is -0.285. The van der Waals surface area contributed by atoms with E-state index in [1.807, 2.05) is 4.90 Å². The lowest BCUT2D eigenvalue weighted by atomic mass is 10.0. The van der Waals surface area contributed by atoms with Crippen LogP contribution in [0.3, 0.4) is 0 Å². The number of benzene rings is 1. The highest BCUT2D eigenvalue weighted by molar-refractivity contribution is 8.18. The maximum atomic E-state index is 13.3. The van der Waals surface area contributed by atoms with Gasteiger partial charge in [-0.3, -0.25) is 19.8 Å². The molecule has 0 spiro atoms. The lowest BCUT2D eigenvalue weighted by Gasteiger charge is -2.39. The minimum absolute atomic E-state index is 0.0330. The molecular weight excluding hydrogens is 415 g/mol. The molecule has 10 heteroatoms. The number of piperazine rings is 1. The third kappa shape index (κ3) is 4.47. The molecule has 0 saturated carbocycles. The Balaban J connectivity index is 2.03. The first kappa shape index (κ1) is 21.0. The van der Waals surface area contributed by atoms with Gasteiger partial charge in [-0.1, -0.05) is 11.6 Å². The van der Waals surface area contributed by atoms with Gasteiger partial charge in [0.1, 0.15) is 0 Å². The Labute approximate surface area is 169 Å². The van der Waals surface area contributed by atoms with E-state index in [0.717, 1.165) is 25.2 Å². The quantitative estimate of drug-likeness (QED) is 0.723. The number of halogens is 4. The minimum atomic E-state index is -4.58. The first-order valence-electron chi connectivity index (χ1n) is 8.71. The monoisotopic (exact) mass is 433 g/mol.